The molecule has 1 fully saturated rings. The van der Waals surface area contributed by atoms with E-state index in [9.17, 15) is 4.79 Å². The second kappa shape index (κ2) is 4.14. The van der Waals surface area contributed by atoms with Crippen LogP contribution >= 0.6 is 0 Å². The number of hydrogen-bond donors (Lipinski definition) is 1. The maximum absolute atomic E-state index is 11.3. The number of nitrogens with two attached hydrogens (primary N) is 1. The first kappa shape index (κ1) is 11.3. The molecule has 5 heteroatoms. The van der Waals surface area contributed by atoms with Crippen molar-refractivity contribution in [2.24, 2.45) is 5.73 Å². The third kappa shape index (κ3) is 2.59. The first-order valence-electron chi connectivity index (χ1n) is 4.69. The van der Waals surface area contributed by atoms with Crippen molar-refractivity contribution in [1.29, 1.82) is 0 Å². The molecule has 1 aliphatic heterocycles. The number of rotatable bonds is 1. The van der Waals surface area contributed by atoms with Gasteiger partial charge in [-0.3, -0.25) is 0 Å². The summed E-state index contributed by atoms with van der Waals surface area (Å²) in [7, 11) is 1.38. The van der Waals surface area contributed by atoms with Crippen LogP contribution in [0.1, 0.15) is 13.8 Å². The van der Waals surface area contributed by atoms with Crippen LogP contribution in [0.4, 0.5) is 4.79 Å². The molecule has 82 valence electrons. The summed E-state index contributed by atoms with van der Waals surface area (Å²) in [5.41, 5.74) is 5.17. The fraction of sp³-hybridized carbons (Fsp3) is 0.889. The molecule has 0 spiro atoms. The SMILES string of the molecule is COC(=O)N1CC(CN)OC(C)(C)C1. The van der Waals surface area contributed by atoms with Gasteiger partial charge in [0.25, 0.3) is 0 Å². The number of ether oxygens (including phenoxy) is 2. The van der Waals surface area contributed by atoms with E-state index >= 15 is 0 Å². The van der Waals surface area contributed by atoms with Gasteiger partial charge in [-0.25, -0.2) is 4.79 Å². The van der Waals surface area contributed by atoms with Crippen LogP contribution in [0.3, 0.4) is 0 Å². The Labute approximate surface area is 84.1 Å². The molecule has 0 aromatic carbocycles. The number of carbonyl (C=O) groups is 1. The minimum absolute atomic E-state index is 0.0992. The van der Waals surface area contributed by atoms with Crippen molar-refractivity contribution < 1.29 is 14.3 Å². The molecule has 1 saturated heterocycles. The highest BCUT2D eigenvalue weighted by molar-refractivity contribution is 5.67. The number of morpholine rings is 1. The Balaban J connectivity index is 2.65. The summed E-state index contributed by atoms with van der Waals surface area (Å²) < 4.78 is 10.3. The summed E-state index contributed by atoms with van der Waals surface area (Å²) in [6.45, 7) is 5.33. The Hall–Kier alpha value is -0.810. The maximum atomic E-state index is 11.3. The molecular weight excluding hydrogens is 184 g/mol. The minimum atomic E-state index is -0.351. The normalized spacial score (nSPS) is 26.0. The second-order valence-electron chi connectivity index (χ2n) is 4.09. The highest BCUT2D eigenvalue weighted by atomic mass is 16.5. The van der Waals surface area contributed by atoms with Crippen LogP contribution in [0.25, 0.3) is 0 Å². The Morgan fingerprint density at radius 1 is 1.71 bits per heavy atom. The average Bonchev–Trinajstić information content (AvgIpc) is 2.14. The van der Waals surface area contributed by atoms with Gasteiger partial charge in [-0.1, -0.05) is 0 Å². The van der Waals surface area contributed by atoms with Gasteiger partial charge >= 0.3 is 6.09 Å². The van der Waals surface area contributed by atoms with Gasteiger partial charge in [0.05, 0.1) is 31.9 Å². The van der Waals surface area contributed by atoms with Gasteiger partial charge in [-0.2, -0.15) is 0 Å². The van der Waals surface area contributed by atoms with Crippen LogP contribution in [-0.2, 0) is 9.47 Å². The molecule has 2 N–H and O–H groups in total. The molecule has 1 aliphatic rings. The van der Waals surface area contributed by atoms with Crippen molar-refractivity contribution in [2.75, 3.05) is 26.7 Å². The van der Waals surface area contributed by atoms with Crippen molar-refractivity contribution in [3.05, 3.63) is 0 Å². The number of methoxy groups -OCH3 is 1. The zero-order valence-electron chi connectivity index (χ0n) is 8.95. The third-order valence-electron chi connectivity index (χ3n) is 2.18. The molecule has 1 unspecified atom stereocenters. The molecule has 0 aliphatic carbocycles. The number of hydrogen-bond acceptors (Lipinski definition) is 4. The quantitative estimate of drug-likeness (QED) is 0.659. The lowest BCUT2D eigenvalue weighted by Gasteiger charge is -2.41. The smallest absolute Gasteiger partial charge is 0.409 e. The van der Waals surface area contributed by atoms with Crippen LogP contribution in [0, 0.1) is 0 Å². The van der Waals surface area contributed by atoms with E-state index in [0.717, 1.165) is 0 Å². The van der Waals surface area contributed by atoms with Crippen LogP contribution in [-0.4, -0.2) is 49.4 Å². The third-order valence-corrected chi connectivity index (χ3v) is 2.18. The Morgan fingerprint density at radius 3 is 2.86 bits per heavy atom. The topological polar surface area (TPSA) is 64.8 Å². The van der Waals surface area contributed by atoms with E-state index in [4.69, 9.17) is 10.5 Å². The van der Waals surface area contributed by atoms with Crippen molar-refractivity contribution in [1.82, 2.24) is 4.90 Å². The predicted octanol–water partition coefficient (Wildman–Crippen LogP) is 0.191. The molecular formula is C9H18N2O3. The van der Waals surface area contributed by atoms with E-state index < -0.39 is 0 Å². The summed E-state index contributed by atoms with van der Waals surface area (Å²) >= 11 is 0. The molecule has 0 bridgehead atoms. The van der Waals surface area contributed by atoms with Crippen LogP contribution in [0.5, 0.6) is 0 Å². The zero-order valence-corrected chi connectivity index (χ0v) is 8.95. The van der Waals surface area contributed by atoms with Crippen molar-refractivity contribution >= 4 is 6.09 Å². The summed E-state index contributed by atoms with van der Waals surface area (Å²) in [6.07, 6.45) is -0.419. The monoisotopic (exact) mass is 202 g/mol. The fourth-order valence-corrected chi connectivity index (χ4v) is 1.69. The average molecular weight is 202 g/mol. The summed E-state index contributed by atoms with van der Waals surface area (Å²) in [4.78, 5) is 12.9. The molecule has 0 aromatic rings. The summed E-state index contributed by atoms with van der Waals surface area (Å²) in [5.74, 6) is 0. The largest absolute Gasteiger partial charge is 0.453 e. The molecule has 14 heavy (non-hydrogen) atoms. The highest BCUT2D eigenvalue weighted by Gasteiger charge is 2.35. The molecule has 1 atom stereocenters. The summed E-state index contributed by atoms with van der Waals surface area (Å²) in [5, 5.41) is 0. The molecule has 0 aromatic heterocycles. The fourth-order valence-electron chi connectivity index (χ4n) is 1.69. The van der Waals surface area contributed by atoms with Crippen molar-refractivity contribution in [2.45, 2.75) is 25.6 Å². The number of carbonyl (C=O) groups excluding carboxylic acids is 1. The number of nitrogens with zero attached hydrogens (tertiary/aromatic N) is 1. The Kier molecular flexibility index (Phi) is 3.34. The van der Waals surface area contributed by atoms with E-state index in [0.29, 0.717) is 19.6 Å². The molecule has 0 saturated carbocycles. The molecule has 1 amide bonds. The van der Waals surface area contributed by atoms with Crippen LogP contribution in [0.2, 0.25) is 0 Å². The van der Waals surface area contributed by atoms with Gasteiger partial charge in [-0.05, 0) is 13.8 Å². The zero-order chi connectivity index (χ0) is 10.8. The number of amides is 1. The van der Waals surface area contributed by atoms with Gasteiger partial charge in [0.2, 0.25) is 0 Å². The minimum Gasteiger partial charge on any atom is -0.453 e. The molecule has 5 nitrogen and oxygen atoms in total. The lowest BCUT2D eigenvalue weighted by molar-refractivity contribution is -0.125. The van der Waals surface area contributed by atoms with E-state index in [-0.39, 0.29) is 17.8 Å². The van der Waals surface area contributed by atoms with Gasteiger partial charge in [0, 0.05) is 6.54 Å². The molecule has 0 radical (unpaired) electrons. The van der Waals surface area contributed by atoms with Crippen molar-refractivity contribution in [3.8, 4) is 0 Å². The predicted molar refractivity (Wildman–Crippen MR) is 52.0 cm³/mol. The maximum Gasteiger partial charge on any atom is 0.409 e. The molecule has 1 heterocycles. The van der Waals surface area contributed by atoms with Gasteiger partial charge in [0.15, 0.2) is 0 Å². The van der Waals surface area contributed by atoms with E-state index in [2.05, 4.69) is 4.74 Å². The van der Waals surface area contributed by atoms with Crippen molar-refractivity contribution in [3.63, 3.8) is 0 Å². The second-order valence-corrected chi connectivity index (χ2v) is 4.09. The first-order chi connectivity index (χ1) is 6.48. The van der Waals surface area contributed by atoms with Crippen LogP contribution < -0.4 is 5.73 Å². The first-order valence-corrected chi connectivity index (χ1v) is 4.69. The van der Waals surface area contributed by atoms with Gasteiger partial charge < -0.3 is 20.1 Å². The Morgan fingerprint density at radius 2 is 2.36 bits per heavy atom. The van der Waals surface area contributed by atoms with Crippen LogP contribution in [0.15, 0.2) is 0 Å². The lowest BCUT2D eigenvalue weighted by atomic mass is 10.1. The highest BCUT2D eigenvalue weighted by Crippen LogP contribution is 2.20. The summed E-state index contributed by atoms with van der Waals surface area (Å²) in [6, 6.07) is 0. The van der Waals surface area contributed by atoms with Gasteiger partial charge in [-0.15, -0.1) is 0 Å². The molecule has 1 rings (SSSR count). The van der Waals surface area contributed by atoms with Gasteiger partial charge in [0.1, 0.15) is 0 Å². The van der Waals surface area contributed by atoms with E-state index in [1.807, 2.05) is 13.8 Å². The standard InChI is InChI=1S/C9H18N2O3/c1-9(2)6-11(8(12)13-3)5-7(4-10)14-9/h7H,4-6,10H2,1-3H3. The lowest BCUT2D eigenvalue weighted by Crippen LogP contribution is -2.56. The Bertz CT molecular complexity index is 218. The van der Waals surface area contributed by atoms with E-state index in [1.54, 1.807) is 4.90 Å². The van der Waals surface area contributed by atoms with E-state index in [1.165, 1.54) is 7.11 Å².